The smallest absolute Gasteiger partial charge is 0.147 e. The van der Waals surface area contributed by atoms with Crippen LogP contribution in [-0.4, -0.2) is 11.5 Å². The minimum atomic E-state index is -0.400. The van der Waals surface area contributed by atoms with Crippen LogP contribution in [0, 0.1) is 11.6 Å². The van der Waals surface area contributed by atoms with Crippen LogP contribution in [0.4, 0.5) is 8.78 Å². The predicted octanol–water partition coefficient (Wildman–Crippen LogP) is 3.26. The molecule has 17 heavy (non-hydrogen) atoms. The molecule has 3 rings (SSSR count). The first-order valence-electron chi connectivity index (χ1n) is 5.96. The molecule has 2 aromatic rings. The molecule has 1 atom stereocenters. The van der Waals surface area contributed by atoms with Crippen LogP contribution >= 0.6 is 0 Å². The zero-order valence-electron chi connectivity index (χ0n) is 9.39. The maximum absolute atomic E-state index is 13.5. The SMILES string of the molecule is Fc1ccc(F)c2[nH]c(C3CCCCN3)cc12. The second-order valence-corrected chi connectivity index (χ2v) is 4.55. The molecular weight excluding hydrogens is 222 g/mol. The highest BCUT2D eigenvalue weighted by Gasteiger charge is 2.18. The van der Waals surface area contributed by atoms with Crippen LogP contribution in [0.3, 0.4) is 0 Å². The summed E-state index contributed by atoms with van der Waals surface area (Å²) in [6.07, 6.45) is 3.33. The van der Waals surface area contributed by atoms with E-state index in [1.54, 1.807) is 6.07 Å². The number of halogens is 2. The normalized spacial score (nSPS) is 20.9. The fourth-order valence-electron chi connectivity index (χ4n) is 2.48. The van der Waals surface area contributed by atoms with Gasteiger partial charge in [-0.25, -0.2) is 8.78 Å². The first-order chi connectivity index (χ1) is 8.25. The molecule has 90 valence electrons. The van der Waals surface area contributed by atoms with Gasteiger partial charge in [0.25, 0.3) is 0 Å². The van der Waals surface area contributed by atoms with Crippen LogP contribution in [0.1, 0.15) is 31.0 Å². The van der Waals surface area contributed by atoms with E-state index in [2.05, 4.69) is 10.3 Å². The van der Waals surface area contributed by atoms with Crippen molar-refractivity contribution in [1.82, 2.24) is 10.3 Å². The first-order valence-corrected chi connectivity index (χ1v) is 5.96. The maximum Gasteiger partial charge on any atom is 0.147 e. The van der Waals surface area contributed by atoms with Gasteiger partial charge in [-0.05, 0) is 37.6 Å². The van der Waals surface area contributed by atoms with E-state index in [1.165, 1.54) is 12.5 Å². The molecule has 2 nitrogen and oxygen atoms in total. The Morgan fingerprint density at radius 2 is 1.94 bits per heavy atom. The molecule has 1 unspecified atom stereocenters. The highest BCUT2D eigenvalue weighted by molar-refractivity contribution is 5.81. The molecule has 1 aromatic carbocycles. The fraction of sp³-hybridized carbons (Fsp3) is 0.385. The van der Waals surface area contributed by atoms with Gasteiger partial charge in [0.1, 0.15) is 11.6 Å². The lowest BCUT2D eigenvalue weighted by atomic mass is 10.0. The third-order valence-corrected chi connectivity index (χ3v) is 3.40. The summed E-state index contributed by atoms with van der Waals surface area (Å²) >= 11 is 0. The zero-order valence-corrected chi connectivity index (χ0v) is 9.39. The van der Waals surface area contributed by atoms with E-state index in [1.807, 2.05) is 0 Å². The van der Waals surface area contributed by atoms with Gasteiger partial charge in [-0.15, -0.1) is 0 Å². The molecule has 0 spiro atoms. The summed E-state index contributed by atoms with van der Waals surface area (Å²) in [7, 11) is 0. The van der Waals surface area contributed by atoms with Crippen molar-refractivity contribution in [3.8, 4) is 0 Å². The molecule has 1 fully saturated rings. The number of aromatic nitrogens is 1. The number of nitrogens with one attached hydrogen (secondary N) is 2. The van der Waals surface area contributed by atoms with Crippen molar-refractivity contribution in [2.24, 2.45) is 0 Å². The van der Waals surface area contributed by atoms with Gasteiger partial charge in [0.2, 0.25) is 0 Å². The van der Waals surface area contributed by atoms with E-state index in [-0.39, 0.29) is 17.4 Å². The van der Waals surface area contributed by atoms with E-state index in [4.69, 9.17) is 0 Å². The van der Waals surface area contributed by atoms with Crippen molar-refractivity contribution >= 4 is 10.9 Å². The molecule has 1 saturated heterocycles. The van der Waals surface area contributed by atoms with Crippen molar-refractivity contribution < 1.29 is 8.78 Å². The number of hydrogen-bond acceptors (Lipinski definition) is 1. The summed E-state index contributed by atoms with van der Waals surface area (Å²) in [5, 5.41) is 3.70. The standard InChI is InChI=1S/C13H14F2N2/c14-9-4-5-10(15)13-8(9)7-12(17-13)11-3-1-2-6-16-11/h4-5,7,11,16-17H,1-3,6H2. The number of piperidine rings is 1. The molecule has 1 aliphatic heterocycles. The van der Waals surface area contributed by atoms with Gasteiger partial charge in [0.15, 0.2) is 0 Å². The lowest BCUT2D eigenvalue weighted by molar-refractivity contribution is 0.407. The Kier molecular flexibility index (Phi) is 2.59. The summed E-state index contributed by atoms with van der Waals surface area (Å²) < 4.78 is 27.1. The predicted molar refractivity (Wildman–Crippen MR) is 62.8 cm³/mol. The largest absolute Gasteiger partial charge is 0.355 e. The van der Waals surface area contributed by atoms with Crippen LogP contribution in [0.5, 0.6) is 0 Å². The van der Waals surface area contributed by atoms with Gasteiger partial charge in [0.05, 0.1) is 5.52 Å². The molecule has 0 amide bonds. The van der Waals surface area contributed by atoms with Crippen molar-refractivity contribution in [2.45, 2.75) is 25.3 Å². The quantitative estimate of drug-likeness (QED) is 0.781. The lowest BCUT2D eigenvalue weighted by Crippen LogP contribution is -2.26. The van der Waals surface area contributed by atoms with Gasteiger partial charge >= 0.3 is 0 Å². The van der Waals surface area contributed by atoms with Crippen molar-refractivity contribution in [3.63, 3.8) is 0 Å². The van der Waals surface area contributed by atoms with E-state index < -0.39 is 5.82 Å². The summed E-state index contributed by atoms with van der Waals surface area (Å²) in [6, 6.07) is 4.24. The van der Waals surface area contributed by atoms with Crippen LogP contribution in [0.2, 0.25) is 0 Å². The monoisotopic (exact) mass is 236 g/mol. The Morgan fingerprint density at radius 3 is 2.65 bits per heavy atom. The van der Waals surface area contributed by atoms with Crippen molar-refractivity contribution in [1.29, 1.82) is 0 Å². The minimum absolute atomic E-state index is 0.190. The molecule has 2 heterocycles. The van der Waals surface area contributed by atoms with Gasteiger partial charge < -0.3 is 10.3 Å². The van der Waals surface area contributed by atoms with E-state index in [0.29, 0.717) is 5.39 Å². The molecule has 4 heteroatoms. The van der Waals surface area contributed by atoms with E-state index >= 15 is 0 Å². The molecule has 0 bridgehead atoms. The molecule has 2 N–H and O–H groups in total. The van der Waals surface area contributed by atoms with Crippen molar-refractivity contribution in [3.05, 3.63) is 35.5 Å². The van der Waals surface area contributed by atoms with Crippen molar-refractivity contribution in [2.75, 3.05) is 6.54 Å². The number of benzene rings is 1. The van der Waals surface area contributed by atoms with Gasteiger partial charge in [0, 0.05) is 17.1 Å². The first kappa shape index (κ1) is 10.7. The molecule has 0 aliphatic carbocycles. The topological polar surface area (TPSA) is 27.8 Å². The zero-order chi connectivity index (χ0) is 11.8. The Morgan fingerprint density at radius 1 is 1.12 bits per heavy atom. The van der Waals surface area contributed by atoms with Gasteiger partial charge in [-0.2, -0.15) is 0 Å². The second-order valence-electron chi connectivity index (χ2n) is 4.55. The summed E-state index contributed by atoms with van der Waals surface area (Å²) in [5.41, 5.74) is 1.15. The fourth-order valence-corrected chi connectivity index (χ4v) is 2.48. The Bertz CT molecular complexity index is 503. The number of rotatable bonds is 1. The summed E-state index contributed by atoms with van der Waals surface area (Å²) in [4.78, 5) is 3.00. The van der Waals surface area contributed by atoms with Crippen LogP contribution < -0.4 is 5.32 Å². The number of H-pyrrole nitrogens is 1. The van der Waals surface area contributed by atoms with Crippen LogP contribution in [0.25, 0.3) is 10.9 Å². The number of aromatic amines is 1. The number of hydrogen-bond donors (Lipinski definition) is 2. The molecular formula is C13H14F2N2. The summed E-state index contributed by atoms with van der Waals surface area (Å²) in [5.74, 6) is -0.775. The lowest BCUT2D eigenvalue weighted by Gasteiger charge is -2.22. The second kappa shape index (κ2) is 4.11. The van der Waals surface area contributed by atoms with E-state index in [0.717, 1.165) is 31.1 Å². The van der Waals surface area contributed by atoms with Gasteiger partial charge in [-0.1, -0.05) is 6.42 Å². The molecule has 0 radical (unpaired) electrons. The molecule has 1 aromatic heterocycles. The Labute approximate surface area is 98.0 Å². The van der Waals surface area contributed by atoms with Gasteiger partial charge in [-0.3, -0.25) is 0 Å². The van der Waals surface area contributed by atoms with Crippen LogP contribution in [-0.2, 0) is 0 Å². The maximum atomic E-state index is 13.5. The number of fused-ring (bicyclic) bond motifs is 1. The average molecular weight is 236 g/mol. The Hall–Kier alpha value is -1.42. The highest BCUT2D eigenvalue weighted by atomic mass is 19.1. The van der Waals surface area contributed by atoms with E-state index in [9.17, 15) is 8.78 Å². The minimum Gasteiger partial charge on any atom is -0.355 e. The average Bonchev–Trinajstić information content (AvgIpc) is 2.81. The van der Waals surface area contributed by atoms with Crippen LogP contribution in [0.15, 0.2) is 18.2 Å². The Balaban J connectivity index is 2.06. The summed E-state index contributed by atoms with van der Waals surface area (Å²) in [6.45, 7) is 0.963. The molecule has 1 aliphatic rings. The third kappa shape index (κ3) is 1.82. The molecule has 0 saturated carbocycles. The highest BCUT2D eigenvalue weighted by Crippen LogP contribution is 2.28. The third-order valence-electron chi connectivity index (χ3n) is 3.40.